The first-order valence-corrected chi connectivity index (χ1v) is 10.4. The molecule has 3 rings (SSSR count). The molecule has 0 atom stereocenters. The number of hydrogen-bond donors (Lipinski definition) is 1. The van der Waals surface area contributed by atoms with Gasteiger partial charge < -0.3 is 14.2 Å². The Hall–Kier alpha value is -3.80. The summed E-state index contributed by atoms with van der Waals surface area (Å²) in [6.07, 6.45) is 2.36. The van der Waals surface area contributed by atoms with Gasteiger partial charge in [-0.2, -0.15) is 5.10 Å². The van der Waals surface area contributed by atoms with Gasteiger partial charge in [0.15, 0.2) is 18.1 Å². The molecular weight excluding hydrogens is 404 g/mol. The van der Waals surface area contributed by atoms with Crippen LogP contribution in [0.5, 0.6) is 17.2 Å². The average Bonchev–Trinajstić information content (AvgIpc) is 2.81. The number of carbonyl (C=O) groups is 1. The van der Waals surface area contributed by atoms with Crippen molar-refractivity contribution in [1.82, 2.24) is 5.43 Å². The summed E-state index contributed by atoms with van der Waals surface area (Å²) >= 11 is 0. The van der Waals surface area contributed by atoms with Gasteiger partial charge in [-0.05, 0) is 60.4 Å². The van der Waals surface area contributed by atoms with Crippen LogP contribution in [0.1, 0.15) is 22.3 Å². The number of amides is 1. The molecule has 0 radical (unpaired) electrons. The Kier molecular flexibility index (Phi) is 8.26. The van der Waals surface area contributed by atoms with E-state index in [9.17, 15) is 4.79 Å². The lowest BCUT2D eigenvalue weighted by atomic mass is 10.1. The van der Waals surface area contributed by atoms with Crippen molar-refractivity contribution in [2.75, 3.05) is 20.3 Å². The van der Waals surface area contributed by atoms with Crippen LogP contribution in [0.15, 0.2) is 71.8 Å². The van der Waals surface area contributed by atoms with Crippen LogP contribution in [0.25, 0.3) is 0 Å². The Morgan fingerprint density at radius 1 is 0.938 bits per heavy atom. The van der Waals surface area contributed by atoms with E-state index in [1.165, 1.54) is 5.56 Å². The summed E-state index contributed by atoms with van der Waals surface area (Å²) in [7, 11) is 1.59. The molecule has 0 unspecified atom stereocenters. The fraction of sp³-hybridized carbons (Fsp3) is 0.231. The number of nitrogens with zero attached hydrogens (tertiary/aromatic N) is 1. The number of hydrazone groups is 1. The van der Waals surface area contributed by atoms with Crippen molar-refractivity contribution in [1.29, 1.82) is 0 Å². The summed E-state index contributed by atoms with van der Waals surface area (Å²) < 4.78 is 16.9. The number of ether oxygens (including phenoxy) is 3. The van der Waals surface area contributed by atoms with Crippen molar-refractivity contribution in [2.24, 2.45) is 5.10 Å². The second-order valence-electron chi connectivity index (χ2n) is 7.35. The Balaban J connectivity index is 1.49. The number of benzene rings is 3. The molecule has 166 valence electrons. The summed E-state index contributed by atoms with van der Waals surface area (Å²) in [4.78, 5) is 12.0. The number of methoxy groups -OCH3 is 1. The van der Waals surface area contributed by atoms with Gasteiger partial charge in [0.25, 0.3) is 5.91 Å². The number of aryl methyl sites for hydroxylation is 2. The van der Waals surface area contributed by atoms with Crippen LogP contribution in [0, 0.1) is 13.8 Å². The fourth-order valence-corrected chi connectivity index (χ4v) is 3.02. The van der Waals surface area contributed by atoms with Gasteiger partial charge in [0, 0.05) is 6.42 Å². The molecule has 6 heteroatoms. The first-order valence-electron chi connectivity index (χ1n) is 10.4. The lowest BCUT2D eigenvalue weighted by Gasteiger charge is -2.11. The maximum Gasteiger partial charge on any atom is 0.277 e. The molecule has 0 spiro atoms. The predicted octanol–water partition coefficient (Wildman–Crippen LogP) is 4.46. The molecule has 0 saturated heterocycles. The first-order chi connectivity index (χ1) is 15.5. The molecule has 1 N–H and O–H groups in total. The standard InChI is InChI=1S/C26H28N2O4/c1-19-9-10-20(2)24(15-19)32-18-26(29)28-27-17-22-11-12-23(25(16-22)30-3)31-14-13-21-7-5-4-6-8-21/h4-12,15-17H,13-14,18H2,1-3H3,(H,28,29)/b27-17+. The lowest BCUT2D eigenvalue weighted by molar-refractivity contribution is -0.123. The van der Waals surface area contributed by atoms with Crippen molar-refractivity contribution in [3.05, 3.63) is 89.0 Å². The van der Waals surface area contributed by atoms with Crippen molar-refractivity contribution in [3.63, 3.8) is 0 Å². The summed E-state index contributed by atoms with van der Waals surface area (Å²) in [5, 5.41) is 4.00. The van der Waals surface area contributed by atoms with Crippen LogP contribution in [0.2, 0.25) is 0 Å². The van der Waals surface area contributed by atoms with E-state index < -0.39 is 0 Å². The van der Waals surface area contributed by atoms with Gasteiger partial charge in [-0.15, -0.1) is 0 Å². The van der Waals surface area contributed by atoms with Crippen LogP contribution in [-0.2, 0) is 11.2 Å². The molecule has 3 aromatic carbocycles. The van der Waals surface area contributed by atoms with Crippen LogP contribution < -0.4 is 19.6 Å². The number of nitrogens with one attached hydrogen (secondary N) is 1. The molecule has 0 saturated carbocycles. The van der Waals surface area contributed by atoms with Crippen molar-refractivity contribution in [2.45, 2.75) is 20.3 Å². The van der Waals surface area contributed by atoms with E-state index in [4.69, 9.17) is 14.2 Å². The second-order valence-corrected chi connectivity index (χ2v) is 7.35. The highest BCUT2D eigenvalue weighted by Crippen LogP contribution is 2.27. The Morgan fingerprint density at radius 2 is 1.75 bits per heavy atom. The summed E-state index contributed by atoms with van der Waals surface area (Å²) in [5.74, 6) is 1.62. The zero-order valence-electron chi connectivity index (χ0n) is 18.6. The quantitative estimate of drug-likeness (QED) is 0.379. The number of hydrogen-bond acceptors (Lipinski definition) is 5. The van der Waals surface area contributed by atoms with Crippen LogP contribution >= 0.6 is 0 Å². The Bertz CT molecular complexity index is 1060. The third-order valence-electron chi connectivity index (χ3n) is 4.78. The zero-order chi connectivity index (χ0) is 22.8. The topological polar surface area (TPSA) is 69.2 Å². The molecule has 0 bridgehead atoms. The molecular formula is C26H28N2O4. The monoisotopic (exact) mass is 432 g/mol. The Morgan fingerprint density at radius 3 is 2.53 bits per heavy atom. The van der Waals surface area contributed by atoms with E-state index in [-0.39, 0.29) is 12.5 Å². The van der Waals surface area contributed by atoms with E-state index in [0.29, 0.717) is 23.9 Å². The molecule has 0 aromatic heterocycles. The second kappa shape index (κ2) is 11.6. The normalized spacial score (nSPS) is 10.7. The van der Waals surface area contributed by atoms with E-state index >= 15 is 0 Å². The Labute approximate surface area is 188 Å². The minimum absolute atomic E-state index is 0.112. The number of carbonyl (C=O) groups excluding carboxylic acids is 1. The SMILES string of the molecule is COc1cc(/C=N/NC(=O)COc2cc(C)ccc2C)ccc1OCCc1ccccc1. The minimum Gasteiger partial charge on any atom is -0.493 e. The van der Waals surface area contributed by atoms with E-state index in [2.05, 4.69) is 22.7 Å². The van der Waals surface area contributed by atoms with Gasteiger partial charge >= 0.3 is 0 Å². The minimum atomic E-state index is -0.338. The van der Waals surface area contributed by atoms with Gasteiger partial charge in [-0.3, -0.25) is 4.79 Å². The number of rotatable bonds is 10. The van der Waals surface area contributed by atoms with E-state index in [0.717, 1.165) is 23.1 Å². The largest absolute Gasteiger partial charge is 0.493 e. The molecule has 3 aromatic rings. The van der Waals surface area contributed by atoms with Gasteiger partial charge in [0.2, 0.25) is 0 Å². The highest BCUT2D eigenvalue weighted by Gasteiger charge is 2.07. The highest BCUT2D eigenvalue weighted by atomic mass is 16.5. The van der Waals surface area contributed by atoms with Gasteiger partial charge in [-0.1, -0.05) is 42.5 Å². The third kappa shape index (κ3) is 6.87. The van der Waals surface area contributed by atoms with E-state index in [1.807, 2.05) is 62.4 Å². The molecule has 0 aliphatic rings. The highest BCUT2D eigenvalue weighted by molar-refractivity contribution is 5.83. The molecule has 32 heavy (non-hydrogen) atoms. The molecule has 6 nitrogen and oxygen atoms in total. The molecule has 0 aliphatic carbocycles. The van der Waals surface area contributed by atoms with Crippen molar-refractivity contribution in [3.8, 4) is 17.2 Å². The van der Waals surface area contributed by atoms with Crippen LogP contribution in [-0.4, -0.2) is 32.4 Å². The lowest BCUT2D eigenvalue weighted by Crippen LogP contribution is -2.24. The summed E-state index contributed by atoms with van der Waals surface area (Å²) in [6, 6.07) is 21.5. The molecule has 0 fully saturated rings. The maximum atomic E-state index is 12.0. The van der Waals surface area contributed by atoms with Gasteiger partial charge in [0.1, 0.15) is 5.75 Å². The zero-order valence-corrected chi connectivity index (χ0v) is 18.6. The van der Waals surface area contributed by atoms with Gasteiger partial charge in [0.05, 0.1) is 19.9 Å². The van der Waals surface area contributed by atoms with Crippen molar-refractivity contribution < 1.29 is 19.0 Å². The summed E-state index contributed by atoms with van der Waals surface area (Å²) in [6.45, 7) is 4.35. The summed E-state index contributed by atoms with van der Waals surface area (Å²) in [5.41, 5.74) is 6.51. The molecule has 1 amide bonds. The van der Waals surface area contributed by atoms with E-state index in [1.54, 1.807) is 19.4 Å². The smallest absolute Gasteiger partial charge is 0.277 e. The van der Waals surface area contributed by atoms with Crippen LogP contribution in [0.4, 0.5) is 0 Å². The van der Waals surface area contributed by atoms with Crippen LogP contribution in [0.3, 0.4) is 0 Å². The molecule has 0 aliphatic heterocycles. The average molecular weight is 433 g/mol. The fourth-order valence-electron chi connectivity index (χ4n) is 3.02. The van der Waals surface area contributed by atoms with Crippen molar-refractivity contribution >= 4 is 12.1 Å². The first kappa shape index (κ1) is 22.9. The van der Waals surface area contributed by atoms with Gasteiger partial charge in [-0.25, -0.2) is 5.43 Å². The maximum absolute atomic E-state index is 12.0. The third-order valence-corrected chi connectivity index (χ3v) is 4.78. The predicted molar refractivity (Wildman–Crippen MR) is 126 cm³/mol. The molecule has 0 heterocycles.